The molecule has 3 heterocycles. The number of hydrogen-bond acceptors (Lipinski definition) is 5. The van der Waals surface area contributed by atoms with Gasteiger partial charge in [-0.25, -0.2) is 0 Å². The molecule has 0 aliphatic carbocycles. The zero-order valence-corrected chi connectivity index (χ0v) is 14.9. The first kappa shape index (κ1) is 16.0. The molecule has 0 spiro atoms. The molecule has 1 aliphatic heterocycles. The molecule has 0 saturated heterocycles. The number of nitriles is 1. The topological polar surface area (TPSA) is 87.7 Å². The van der Waals surface area contributed by atoms with Crippen LogP contribution >= 0.6 is 34.5 Å². The molecule has 1 aromatic carbocycles. The van der Waals surface area contributed by atoms with E-state index in [4.69, 9.17) is 33.7 Å². The summed E-state index contributed by atoms with van der Waals surface area (Å²) in [5, 5.41) is 19.6. The van der Waals surface area contributed by atoms with Crippen molar-refractivity contribution in [3.8, 4) is 23.2 Å². The van der Waals surface area contributed by atoms with Crippen LogP contribution in [0.5, 0.6) is 5.88 Å². The summed E-state index contributed by atoms with van der Waals surface area (Å²) < 4.78 is 5.56. The Labute approximate surface area is 157 Å². The highest BCUT2D eigenvalue weighted by Gasteiger charge is 2.36. The molecule has 2 aromatic heterocycles. The smallest absolute Gasteiger partial charge is 0.244 e. The number of ether oxygens (including phenoxy) is 1. The van der Waals surface area contributed by atoms with Crippen LogP contribution in [-0.4, -0.2) is 10.2 Å². The van der Waals surface area contributed by atoms with Crippen LogP contribution in [0.4, 0.5) is 0 Å². The minimum absolute atomic E-state index is 0.0700. The fourth-order valence-electron chi connectivity index (χ4n) is 2.86. The number of halogens is 2. The molecule has 25 heavy (non-hydrogen) atoms. The fourth-order valence-corrected chi connectivity index (χ4v) is 4.00. The summed E-state index contributed by atoms with van der Waals surface area (Å²) in [5.41, 5.74) is 8.57. The Kier molecular flexibility index (Phi) is 3.92. The number of H-pyrrole nitrogens is 1. The first-order valence-electron chi connectivity index (χ1n) is 7.24. The molecule has 124 valence electrons. The van der Waals surface area contributed by atoms with Gasteiger partial charge in [0.25, 0.3) is 0 Å². The zero-order chi connectivity index (χ0) is 17.6. The number of rotatable bonds is 2. The van der Waals surface area contributed by atoms with Gasteiger partial charge < -0.3 is 10.5 Å². The van der Waals surface area contributed by atoms with Gasteiger partial charge in [0.1, 0.15) is 11.6 Å². The molecule has 8 heteroatoms. The Morgan fingerprint density at radius 2 is 2.12 bits per heavy atom. The van der Waals surface area contributed by atoms with Gasteiger partial charge in [-0.2, -0.15) is 5.26 Å². The van der Waals surface area contributed by atoms with Crippen LogP contribution < -0.4 is 10.5 Å². The lowest BCUT2D eigenvalue weighted by Gasteiger charge is -2.22. The second-order valence-electron chi connectivity index (χ2n) is 5.39. The maximum absolute atomic E-state index is 9.60. The Hall–Kier alpha value is -2.46. The number of nitrogens with one attached hydrogen (secondary N) is 1. The number of aromatic nitrogens is 2. The first-order valence-corrected chi connectivity index (χ1v) is 8.88. The van der Waals surface area contributed by atoms with Crippen molar-refractivity contribution in [1.29, 1.82) is 5.26 Å². The maximum Gasteiger partial charge on any atom is 0.244 e. The van der Waals surface area contributed by atoms with Crippen molar-refractivity contribution >= 4 is 34.5 Å². The van der Waals surface area contributed by atoms with Crippen molar-refractivity contribution in [2.75, 3.05) is 0 Å². The van der Waals surface area contributed by atoms with Gasteiger partial charge in [-0.05, 0) is 23.6 Å². The molecule has 0 unspecified atom stereocenters. The van der Waals surface area contributed by atoms with Crippen LogP contribution in [0, 0.1) is 11.3 Å². The van der Waals surface area contributed by atoms with E-state index in [1.165, 1.54) is 0 Å². The summed E-state index contributed by atoms with van der Waals surface area (Å²) >= 11 is 13.7. The second kappa shape index (κ2) is 6.12. The van der Waals surface area contributed by atoms with Gasteiger partial charge in [0, 0.05) is 10.4 Å². The standard InChI is InChI=1S/C17H10Cl2N4OS/c18-10-4-3-8(6-11(10)19)15-14-13(12-2-1-5-25-12)9(7-20)16(21)24-17(14)23-22-15/h1-6,13H,21H2,(H,22,23)/t13-/m0/s1. The molecule has 0 saturated carbocycles. The van der Waals surface area contributed by atoms with Gasteiger partial charge in [-0.15, -0.1) is 16.4 Å². The van der Waals surface area contributed by atoms with Crippen LogP contribution in [0.15, 0.2) is 47.2 Å². The van der Waals surface area contributed by atoms with E-state index in [1.807, 2.05) is 23.6 Å². The normalized spacial score (nSPS) is 16.3. The number of nitrogens with two attached hydrogens (primary N) is 1. The van der Waals surface area contributed by atoms with E-state index >= 15 is 0 Å². The number of nitrogens with zero attached hydrogens (tertiary/aromatic N) is 2. The van der Waals surface area contributed by atoms with E-state index in [2.05, 4.69) is 16.3 Å². The Morgan fingerprint density at radius 1 is 1.28 bits per heavy atom. The lowest BCUT2D eigenvalue weighted by molar-refractivity contribution is 0.379. The minimum atomic E-state index is -0.350. The van der Waals surface area contributed by atoms with Crippen molar-refractivity contribution in [3.05, 3.63) is 67.7 Å². The monoisotopic (exact) mass is 388 g/mol. The molecule has 5 nitrogen and oxygen atoms in total. The molecule has 4 rings (SSSR count). The second-order valence-corrected chi connectivity index (χ2v) is 7.18. The van der Waals surface area contributed by atoms with Crippen molar-refractivity contribution in [3.63, 3.8) is 0 Å². The number of aromatic amines is 1. The highest BCUT2D eigenvalue weighted by atomic mass is 35.5. The number of fused-ring (bicyclic) bond motifs is 1. The molecule has 0 bridgehead atoms. The van der Waals surface area contributed by atoms with Gasteiger partial charge >= 0.3 is 0 Å². The maximum atomic E-state index is 9.60. The highest BCUT2D eigenvalue weighted by molar-refractivity contribution is 7.10. The molecule has 0 fully saturated rings. The number of allylic oxidation sites excluding steroid dienone is 1. The highest BCUT2D eigenvalue weighted by Crippen LogP contribution is 2.47. The Balaban J connectivity index is 1.95. The minimum Gasteiger partial charge on any atom is -0.420 e. The zero-order valence-electron chi connectivity index (χ0n) is 12.6. The molecule has 0 amide bonds. The number of hydrogen-bond donors (Lipinski definition) is 2. The molecule has 1 aliphatic rings. The van der Waals surface area contributed by atoms with Gasteiger partial charge in [0.05, 0.1) is 27.2 Å². The van der Waals surface area contributed by atoms with E-state index in [0.717, 1.165) is 16.0 Å². The van der Waals surface area contributed by atoms with Crippen LogP contribution in [0.25, 0.3) is 11.3 Å². The average molecular weight is 389 g/mol. The van der Waals surface area contributed by atoms with Crippen molar-refractivity contribution in [2.45, 2.75) is 5.92 Å². The van der Waals surface area contributed by atoms with E-state index in [0.29, 0.717) is 27.2 Å². The van der Waals surface area contributed by atoms with Gasteiger partial charge in [-0.3, -0.25) is 5.10 Å². The molecule has 0 radical (unpaired) electrons. The van der Waals surface area contributed by atoms with Crippen LogP contribution in [-0.2, 0) is 0 Å². The van der Waals surface area contributed by atoms with E-state index in [9.17, 15) is 5.26 Å². The summed E-state index contributed by atoms with van der Waals surface area (Å²) in [6.45, 7) is 0. The van der Waals surface area contributed by atoms with Crippen molar-refractivity contribution < 1.29 is 4.74 Å². The summed E-state index contributed by atoms with van der Waals surface area (Å²) in [4.78, 5) is 0.978. The molecule has 1 atom stereocenters. The first-order chi connectivity index (χ1) is 12.1. The third kappa shape index (κ3) is 2.57. The number of thiophene rings is 1. The van der Waals surface area contributed by atoms with Crippen molar-refractivity contribution in [1.82, 2.24) is 10.2 Å². The van der Waals surface area contributed by atoms with E-state index in [1.54, 1.807) is 23.5 Å². The quantitative estimate of drug-likeness (QED) is 0.667. The fraction of sp³-hybridized carbons (Fsp3) is 0.0588. The lowest BCUT2D eigenvalue weighted by Crippen LogP contribution is -2.20. The lowest BCUT2D eigenvalue weighted by atomic mass is 9.87. The van der Waals surface area contributed by atoms with Gasteiger partial charge in [-0.1, -0.05) is 35.3 Å². The van der Waals surface area contributed by atoms with Crippen LogP contribution in [0.3, 0.4) is 0 Å². The van der Waals surface area contributed by atoms with Gasteiger partial charge in [0.15, 0.2) is 0 Å². The molecular weight excluding hydrogens is 379 g/mol. The third-order valence-corrected chi connectivity index (χ3v) is 5.65. The third-order valence-electron chi connectivity index (χ3n) is 3.97. The molecule has 3 aromatic rings. The Bertz CT molecular complexity index is 1030. The molecule has 3 N–H and O–H groups in total. The summed E-state index contributed by atoms with van der Waals surface area (Å²) in [5.74, 6) is 0.0773. The van der Waals surface area contributed by atoms with E-state index < -0.39 is 0 Å². The Morgan fingerprint density at radius 3 is 2.80 bits per heavy atom. The number of benzene rings is 1. The predicted molar refractivity (Wildman–Crippen MR) is 97.7 cm³/mol. The average Bonchev–Trinajstić information content (AvgIpc) is 3.25. The predicted octanol–water partition coefficient (Wildman–Crippen LogP) is 4.66. The van der Waals surface area contributed by atoms with Gasteiger partial charge in [0.2, 0.25) is 11.8 Å². The van der Waals surface area contributed by atoms with Crippen LogP contribution in [0.2, 0.25) is 10.0 Å². The summed E-state index contributed by atoms with van der Waals surface area (Å²) in [7, 11) is 0. The van der Waals surface area contributed by atoms with Crippen molar-refractivity contribution in [2.24, 2.45) is 5.73 Å². The summed E-state index contributed by atoms with van der Waals surface area (Å²) in [6, 6.07) is 11.4. The van der Waals surface area contributed by atoms with E-state index in [-0.39, 0.29) is 11.8 Å². The largest absolute Gasteiger partial charge is 0.420 e. The van der Waals surface area contributed by atoms with Crippen LogP contribution in [0.1, 0.15) is 16.4 Å². The SMILES string of the molecule is N#CC1=C(N)Oc2n[nH]c(-c3ccc(Cl)c(Cl)c3)c2[C@@H]1c1cccs1. The molecular formula is C17H10Cl2N4OS. The summed E-state index contributed by atoms with van der Waals surface area (Å²) in [6.07, 6.45) is 0.